The van der Waals surface area contributed by atoms with Crippen LogP contribution < -0.4 is 14.8 Å². The zero-order valence-corrected chi connectivity index (χ0v) is 9.61. The van der Waals surface area contributed by atoms with Crippen LogP contribution in [0.15, 0.2) is 12.1 Å². The van der Waals surface area contributed by atoms with Crippen LogP contribution in [-0.2, 0) is 6.54 Å². The minimum absolute atomic E-state index is 0.243. The molecule has 0 spiro atoms. The smallest absolute Gasteiger partial charge is 0.231 e. The van der Waals surface area contributed by atoms with Gasteiger partial charge in [0.1, 0.15) is 5.75 Å². The van der Waals surface area contributed by atoms with Crippen molar-refractivity contribution in [1.29, 1.82) is 0 Å². The molecule has 2 heterocycles. The highest BCUT2D eigenvalue weighted by atomic mass is 16.7. The van der Waals surface area contributed by atoms with Crippen molar-refractivity contribution >= 4 is 0 Å². The van der Waals surface area contributed by atoms with Gasteiger partial charge in [0.15, 0.2) is 11.5 Å². The molecule has 1 saturated heterocycles. The quantitative estimate of drug-likeness (QED) is 0.784. The molecular formula is C12H16N2O3. The SMILES string of the molecule is Oc1ccc2c(c1CN1CCNCC1)OCO2. The van der Waals surface area contributed by atoms with Crippen molar-refractivity contribution < 1.29 is 14.6 Å². The molecule has 5 heteroatoms. The average Bonchev–Trinajstić information content (AvgIpc) is 2.83. The third-order valence-corrected chi connectivity index (χ3v) is 3.21. The first-order valence-electron chi connectivity index (χ1n) is 5.88. The lowest BCUT2D eigenvalue weighted by molar-refractivity contribution is 0.170. The monoisotopic (exact) mass is 236 g/mol. The van der Waals surface area contributed by atoms with E-state index in [4.69, 9.17) is 9.47 Å². The first-order valence-corrected chi connectivity index (χ1v) is 5.88. The highest BCUT2D eigenvalue weighted by Gasteiger charge is 2.23. The van der Waals surface area contributed by atoms with Crippen LogP contribution in [-0.4, -0.2) is 43.0 Å². The Morgan fingerprint density at radius 1 is 1.24 bits per heavy atom. The zero-order valence-electron chi connectivity index (χ0n) is 9.61. The molecule has 0 bridgehead atoms. The molecule has 0 saturated carbocycles. The van der Waals surface area contributed by atoms with Gasteiger partial charge in [0.05, 0.1) is 5.56 Å². The van der Waals surface area contributed by atoms with E-state index in [0.29, 0.717) is 12.3 Å². The molecule has 0 atom stereocenters. The minimum Gasteiger partial charge on any atom is -0.507 e. The van der Waals surface area contributed by atoms with Crippen molar-refractivity contribution in [1.82, 2.24) is 10.2 Å². The number of phenolic OH excluding ortho intramolecular Hbond substituents is 1. The second-order valence-corrected chi connectivity index (χ2v) is 4.32. The van der Waals surface area contributed by atoms with Crippen molar-refractivity contribution in [3.63, 3.8) is 0 Å². The van der Waals surface area contributed by atoms with Crippen molar-refractivity contribution in [2.24, 2.45) is 0 Å². The molecule has 2 aliphatic rings. The van der Waals surface area contributed by atoms with Gasteiger partial charge in [-0.3, -0.25) is 4.90 Å². The molecule has 0 radical (unpaired) electrons. The fraction of sp³-hybridized carbons (Fsp3) is 0.500. The number of hydrogen-bond donors (Lipinski definition) is 2. The third kappa shape index (κ3) is 2.03. The van der Waals surface area contributed by atoms with Crippen LogP contribution in [0.3, 0.4) is 0 Å². The predicted molar refractivity (Wildman–Crippen MR) is 62.4 cm³/mol. The van der Waals surface area contributed by atoms with E-state index in [2.05, 4.69) is 10.2 Å². The number of nitrogens with one attached hydrogen (secondary N) is 1. The second-order valence-electron chi connectivity index (χ2n) is 4.32. The molecule has 1 aromatic rings. The maximum absolute atomic E-state index is 9.93. The summed E-state index contributed by atoms with van der Waals surface area (Å²) in [6.07, 6.45) is 0. The summed E-state index contributed by atoms with van der Waals surface area (Å²) in [5.41, 5.74) is 0.835. The molecule has 1 aromatic carbocycles. The number of rotatable bonds is 2. The topological polar surface area (TPSA) is 54.0 Å². The van der Waals surface area contributed by atoms with Crippen molar-refractivity contribution in [3.8, 4) is 17.2 Å². The average molecular weight is 236 g/mol. The van der Waals surface area contributed by atoms with Gasteiger partial charge in [0, 0.05) is 32.7 Å². The maximum atomic E-state index is 9.93. The van der Waals surface area contributed by atoms with Crippen molar-refractivity contribution in [3.05, 3.63) is 17.7 Å². The molecule has 17 heavy (non-hydrogen) atoms. The number of fused-ring (bicyclic) bond motifs is 1. The Balaban J connectivity index is 1.84. The van der Waals surface area contributed by atoms with Gasteiger partial charge in [-0.25, -0.2) is 0 Å². The molecule has 5 nitrogen and oxygen atoms in total. The number of phenols is 1. The molecule has 0 aliphatic carbocycles. The highest BCUT2D eigenvalue weighted by molar-refractivity contribution is 5.54. The van der Waals surface area contributed by atoms with Gasteiger partial charge in [-0.15, -0.1) is 0 Å². The Morgan fingerprint density at radius 3 is 2.88 bits per heavy atom. The van der Waals surface area contributed by atoms with Crippen LogP contribution in [0.1, 0.15) is 5.56 Å². The van der Waals surface area contributed by atoms with E-state index < -0.39 is 0 Å². The number of nitrogens with zero attached hydrogens (tertiary/aromatic N) is 1. The van der Waals surface area contributed by atoms with Gasteiger partial charge < -0.3 is 19.9 Å². The van der Waals surface area contributed by atoms with Crippen LogP contribution in [0, 0.1) is 0 Å². The number of aromatic hydroxyl groups is 1. The predicted octanol–water partition coefficient (Wildman–Crippen LogP) is 0.526. The molecule has 3 rings (SSSR count). The zero-order chi connectivity index (χ0) is 11.7. The second kappa shape index (κ2) is 4.43. The first-order chi connectivity index (χ1) is 8.34. The fourth-order valence-corrected chi connectivity index (χ4v) is 2.27. The van der Waals surface area contributed by atoms with E-state index in [1.165, 1.54) is 0 Å². The third-order valence-electron chi connectivity index (χ3n) is 3.21. The Morgan fingerprint density at radius 2 is 2.06 bits per heavy atom. The summed E-state index contributed by atoms with van der Waals surface area (Å²) in [6, 6.07) is 3.42. The Labute approximate surface area is 99.9 Å². The summed E-state index contributed by atoms with van der Waals surface area (Å²) in [5, 5.41) is 13.2. The van der Waals surface area contributed by atoms with Gasteiger partial charge in [-0.1, -0.05) is 0 Å². The maximum Gasteiger partial charge on any atom is 0.231 e. The van der Waals surface area contributed by atoms with Crippen LogP contribution in [0.25, 0.3) is 0 Å². The number of piperazine rings is 1. The minimum atomic E-state index is 0.243. The van der Waals surface area contributed by atoms with Crippen LogP contribution in [0.5, 0.6) is 17.2 Å². The van der Waals surface area contributed by atoms with Crippen molar-refractivity contribution in [2.45, 2.75) is 6.54 Å². The molecule has 0 unspecified atom stereocenters. The molecule has 0 aromatic heterocycles. The van der Waals surface area contributed by atoms with Gasteiger partial charge in [-0.2, -0.15) is 0 Å². The number of hydrogen-bond acceptors (Lipinski definition) is 5. The lowest BCUT2D eigenvalue weighted by Gasteiger charge is -2.27. The van der Waals surface area contributed by atoms with Gasteiger partial charge in [0.25, 0.3) is 0 Å². The summed E-state index contributed by atoms with van der Waals surface area (Å²) < 4.78 is 10.7. The molecule has 0 amide bonds. The van der Waals surface area contributed by atoms with Gasteiger partial charge >= 0.3 is 0 Å². The molecule has 2 aliphatic heterocycles. The summed E-state index contributed by atoms with van der Waals surface area (Å²) in [6.45, 7) is 4.92. The van der Waals surface area contributed by atoms with E-state index in [1.54, 1.807) is 12.1 Å². The standard InChI is InChI=1S/C12H16N2O3/c15-10-1-2-11-12(17-8-16-11)9(10)7-14-5-3-13-4-6-14/h1-2,13,15H,3-8H2. The Kier molecular flexibility index (Phi) is 2.78. The Bertz CT molecular complexity index is 416. The number of benzene rings is 1. The van der Waals surface area contributed by atoms with Crippen LogP contribution >= 0.6 is 0 Å². The van der Waals surface area contributed by atoms with E-state index in [-0.39, 0.29) is 12.5 Å². The largest absolute Gasteiger partial charge is 0.507 e. The van der Waals surface area contributed by atoms with E-state index in [1.807, 2.05) is 0 Å². The van der Waals surface area contributed by atoms with E-state index >= 15 is 0 Å². The van der Waals surface area contributed by atoms with Crippen LogP contribution in [0.4, 0.5) is 0 Å². The van der Waals surface area contributed by atoms with Crippen LogP contribution in [0.2, 0.25) is 0 Å². The molecule has 1 fully saturated rings. The van der Waals surface area contributed by atoms with Gasteiger partial charge in [0.2, 0.25) is 6.79 Å². The number of ether oxygens (including phenoxy) is 2. The Hall–Kier alpha value is -1.46. The molecule has 92 valence electrons. The normalized spacial score (nSPS) is 19.5. The molecule has 2 N–H and O–H groups in total. The summed E-state index contributed by atoms with van der Waals surface area (Å²) in [5.74, 6) is 1.71. The molecular weight excluding hydrogens is 220 g/mol. The van der Waals surface area contributed by atoms with E-state index in [0.717, 1.165) is 37.5 Å². The first kappa shape index (κ1) is 10.7. The summed E-state index contributed by atoms with van der Waals surface area (Å²) in [7, 11) is 0. The van der Waals surface area contributed by atoms with Gasteiger partial charge in [-0.05, 0) is 12.1 Å². The highest BCUT2D eigenvalue weighted by Crippen LogP contribution is 2.40. The lowest BCUT2D eigenvalue weighted by atomic mass is 10.1. The fourth-order valence-electron chi connectivity index (χ4n) is 2.27. The summed E-state index contributed by atoms with van der Waals surface area (Å²) >= 11 is 0. The van der Waals surface area contributed by atoms with Crippen molar-refractivity contribution in [2.75, 3.05) is 33.0 Å². The summed E-state index contributed by atoms with van der Waals surface area (Å²) in [4.78, 5) is 2.30. The lowest BCUT2D eigenvalue weighted by Crippen LogP contribution is -2.42. The van der Waals surface area contributed by atoms with E-state index in [9.17, 15) is 5.11 Å².